The van der Waals surface area contributed by atoms with Crippen molar-refractivity contribution in [3.8, 4) is 11.4 Å². The van der Waals surface area contributed by atoms with Crippen molar-refractivity contribution < 1.29 is 9.32 Å². The number of nitrogens with zero attached hydrogens (tertiary/aromatic N) is 2. The number of nitrogens with one attached hydrogen (secondary N) is 1. The fourth-order valence-corrected chi connectivity index (χ4v) is 3.92. The van der Waals surface area contributed by atoms with E-state index in [-0.39, 0.29) is 5.91 Å². The summed E-state index contributed by atoms with van der Waals surface area (Å²) >= 11 is 1.51. The Morgan fingerprint density at radius 3 is 2.92 bits per heavy atom. The van der Waals surface area contributed by atoms with E-state index in [4.69, 9.17) is 4.52 Å². The number of carbonyl (C=O) groups excluding carboxylic acids is 1. The average molecular weight is 359 g/mol. The second kappa shape index (κ2) is 8.52. The molecule has 1 amide bonds. The minimum atomic E-state index is 0.0994. The van der Waals surface area contributed by atoms with Gasteiger partial charge in [-0.25, -0.2) is 0 Å². The minimum absolute atomic E-state index is 0.0994. The van der Waals surface area contributed by atoms with Crippen LogP contribution >= 0.6 is 11.8 Å². The first-order valence-corrected chi connectivity index (χ1v) is 10.0. The highest BCUT2D eigenvalue weighted by atomic mass is 32.2. The van der Waals surface area contributed by atoms with Gasteiger partial charge in [-0.1, -0.05) is 49.2 Å². The third-order valence-electron chi connectivity index (χ3n) is 4.77. The second-order valence-electron chi connectivity index (χ2n) is 6.76. The molecule has 1 aromatic heterocycles. The summed E-state index contributed by atoms with van der Waals surface area (Å²) < 4.78 is 5.31. The van der Waals surface area contributed by atoms with Gasteiger partial charge in [0, 0.05) is 11.6 Å². The standard InChI is InChI=1S/C19H25N3O2S/c1-13-7-3-5-9-15(13)19-21-18(24-22-19)12-25-11-17(23)20-16-10-6-4-8-14(16)2/h3,5,7,9,14,16H,4,6,8,10-12H2,1-2H3,(H,20,23)/t14-,16+/m1/s1. The van der Waals surface area contributed by atoms with Gasteiger partial charge in [0.25, 0.3) is 0 Å². The van der Waals surface area contributed by atoms with Crippen LogP contribution in [-0.2, 0) is 10.5 Å². The number of amides is 1. The van der Waals surface area contributed by atoms with Crippen LogP contribution in [0.3, 0.4) is 0 Å². The highest BCUT2D eigenvalue weighted by Gasteiger charge is 2.22. The summed E-state index contributed by atoms with van der Waals surface area (Å²) in [5.74, 6) is 2.81. The van der Waals surface area contributed by atoms with Gasteiger partial charge >= 0.3 is 0 Å². The van der Waals surface area contributed by atoms with E-state index in [0.29, 0.717) is 35.2 Å². The van der Waals surface area contributed by atoms with Gasteiger partial charge in [0.15, 0.2) is 0 Å². The predicted octanol–water partition coefficient (Wildman–Crippen LogP) is 3.97. The number of thioether (sulfide) groups is 1. The van der Waals surface area contributed by atoms with E-state index in [2.05, 4.69) is 22.4 Å². The van der Waals surface area contributed by atoms with Gasteiger partial charge in [0.1, 0.15) is 0 Å². The zero-order valence-electron chi connectivity index (χ0n) is 14.8. The van der Waals surface area contributed by atoms with Gasteiger partial charge in [0.2, 0.25) is 17.6 Å². The molecule has 2 aromatic rings. The predicted molar refractivity (Wildman–Crippen MR) is 100 cm³/mol. The summed E-state index contributed by atoms with van der Waals surface area (Å²) in [5, 5.41) is 7.22. The normalized spacial score (nSPS) is 20.4. The van der Waals surface area contributed by atoms with Gasteiger partial charge in [0.05, 0.1) is 11.5 Å². The van der Waals surface area contributed by atoms with Crippen LogP contribution in [0.1, 0.15) is 44.1 Å². The number of aromatic nitrogens is 2. The van der Waals surface area contributed by atoms with Gasteiger partial charge in [-0.15, -0.1) is 11.8 Å². The van der Waals surface area contributed by atoms with E-state index < -0.39 is 0 Å². The molecule has 1 saturated carbocycles. The number of rotatable bonds is 6. The molecule has 0 bridgehead atoms. The monoisotopic (exact) mass is 359 g/mol. The molecule has 134 valence electrons. The first kappa shape index (κ1) is 18.0. The van der Waals surface area contributed by atoms with E-state index in [1.165, 1.54) is 31.0 Å². The molecule has 25 heavy (non-hydrogen) atoms. The summed E-state index contributed by atoms with van der Waals surface area (Å²) in [7, 11) is 0. The largest absolute Gasteiger partial charge is 0.352 e. The molecule has 0 spiro atoms. The molecule has 1 aliphatic carbocycles. The topological polar surface area (TPSA) is 68.0 Å². The Morgan fingerprint density at radius 1 is 1.32 bits per heavy atom. The fourth-order valence-electron chi connectivity index (χ4n) is 3.26. The number of carbonyl (C=O) groups is 1. The smallest absolute Gasteiger partial charge is 0.236 e. The van der Waals surface area contributed by atoms with Crippen molar-refractivity contribution in [2.75, 3.05) is 5.75 Å². The van der Waals surface area contributed by atoms with Crippen molar-refractivity contribution in [3.05, 3.63) is 35.7 Å². The maximum Gasteiger partial charge on any atom is 0.236 e. The molecule has 6 heteroatoms. The number of hydrogen-bond donors (Lipinski definition) is 1. The zero-order valence-corrected chi connectivity index (χ0v) is 15.6. The molecular weight excluding hydrogens is 334 g/mol. The Hall–Kier alpha value is -1.82. The van der Waals surface area contributed by atoms with E-state index in [0.717, 1.165) is 17.5 Å². The van der Waals surface area contributed by atoms with E-state index in [9.17, 15) is 4.79 Å². The molecule has 0 unspecified atom stereocenters. The van der Waals surface area contributed by atoms with E-state index in [1.807, 2.05) is 31.2 Å². The molecule has 0 aliphatic heterocycles. The molecule has 0 radical (unpaired) electrons. The van der Waals surface area contributed by atoms with Crippen LogP contribution in [-0.4, -0.2) is 27.8 Å². The summed E-state index contributed by atoms with van der Waals surface area (Å²) in [6.45, 7) is 4.25. The van der Waals surface area contributed by atoms with Gasteiger partial charge < -0.3 is 9.84 Å². The average Bonchev–Trinajstić information content (AvgIpc) is 3.06. The fraction of sp³-hybridized carbons (Fsp3) is 0.526. The maximum atomic E-state index is 12.1. The number of benzene rings is 1. The van der Waals surface area contributed by atoms with Crippen molar-refractivity contribution >= 4 is 17.7 Å². The summed E-state index contributed by atoms with van der Waals surface area (Å²) in [6, 6.07) is 8.29. The van der Waals surface area contributed by atoms with Crippen molar-refractivity contribution in [1.29, 1.82) is 0 Å². The Kier molecular flexibility index (Phi) is 6.13. The quantitative estimate of drug-likeness (QED) is 0.845. The lowest BCUT2D eigenvalue weighted by molar-refractivity contribution is -0.119. The third kappa shape index (κ3) is 4.84. The SMILES string of the molecule is Cc1ccccc1-c1noc(CSCC(=O)N[C@H]2CCCC[C@H]2C)n1. The highest BCUT2D eigenvalue weighted by Crippen LogP contribution is 2.24. The molecule has 1 aliphatic rings. The Morgan fingerprint density at radius 2 is 2.12 bits per heavy atom. The van der Waals surface area contributed by atoms with Crippen LogP contribution in [0.25, 0.3) is 11.4 Å². The first-order chi connectivity index (χ1) is 12.1. The van der Waals surface area contributed by atoms with Gasteiger partial charge in [-0.05, 0) is 31.2 Å². The molecule has 1 fully saturated rings. The van der Waals surface area contributed by atoms with Crippen molar-refractivity contribution in [3.63, 3.8) is 0 Å². The van der Waals surface area contributed by atoms with Gasteiger partial charge in [-0.2, -0.15) is 4.98 Å². The third-order valence-corrected chi connectivity index (χ3v) is 5.69. The van der Waals surface area contributed by atoms with E-state index >= 15 is 0 Å². The minimum Gasteiger partial charge on any atom is -0.352 e. The molecule has 3 rings (SSSR count). The van der Waals surface area contributed by atoms with E-state index in [1.54, 1.807) is 0 Å². The van der Waals surface area contributed by atoms with Crippen LogP contribution in [0, 0.1) is 12.8 Å². The lowest BCUT2D eigenvalue weighted by Gasteiger charge is -2.29. The lowest BCUT2D eigenvalue weighted by Crippen LogP contribution is -2.41. The number of hydrogen-bond acceptors (Lipinski definition) is 5. The molecule has 1 N–H and O–H groups in total. The van der Waals surface area contributed by atoms with Crippen molar-refractivity contribution in [2.24, 2.45) is 5.92 Å². The zero-order chi connectivity index (χ0) is 17.6. The summed E-state index contributed by atoms with van der Waals surface area (Å²) in [4.78, 5) is 16.6. The summed E-state index contributed by atoms with van der Waals surface area (Å²) in [5.41, 5.74) is 2.09. The highest BCUT2D eigenvalue weighted by molar-refractivity contribution is 7.99. The van der Waals surface area contributed by atoms with Gasteiger partial charge in [-0.3, -0.25) is 4.79 Å². The van der Waals surface area contributed by atoms with Crippen LogP contribution < -0.4 is 5.32 Å². The lowest BCUT2D eigenvalue weighted by atomic mass is 9.86. The summed E-state index contributed by atoms with van der Waals surface area (Å²) in [6.07, 6.45) is 4.80. The molecule has 2 atom stereocenters. The molecular formula is C19H25N3O2S. The van der Waals surface area contributed by atoms with Crippen LogP contribution in [0.15, 0.2) is 28.8 Å². The van der Waals surface area contributed by atoms with Crippen molar-refractivity contribution in [1.82, 2.24) is 15.5 Å². The molecule has 0 saturated heterocycles. The van der Waals surface area contributed by atoms with Crippen LogP contribution in [0.4, 0.5) is 0 Å². The molecule has 1 heterocycles. The molecule has 5 nitrogen and oxygen atoms in total. The maximum absolute atomic E-state index is 12.1. The van der Waals surface area contributed by atoms with Crippen molar-refractivity contribution in [2.45, 2.75) is 51.3 Å². The first-order valence-electron chi connectivity index (χ1n) is 8.89. The molecule has 1 aromatic carbocycles. The number of aryl methyl sites for hydroxylation is 1. The second-order valence-corrected chi connectivity index (χ2v) is 7.74. The van der Waals surface area contributed by atoms with Crippen LogP contribution in [0.5, 0.6) is 0 Å². The Balaban J connectivity index is 1.46. The van der Waals surface area contributed by atoms with Crippen LogP contribution in [0.2, 0.25) is 0 Å². The Labute approximate surface area is 153 Å². The Bertz CT molecular complexity index is 716.